The van der Waals surface area contributed by atoms with Gasteiger partial charge in [0.25, 0.3) is 0 Å². The van der Waals surface area contributed by atoms with Gasteiger partial charge in [-0.3, -0.25) is 10.1 Å². The zero-order chi connectivity index (χ0) is 13.0. The van der Waals surface area contributed by atoms with Crippen molar-refractivity contribution in [3.63, 3.8) is 0 Å². The maximum absolute atomic E-state index is 10.9. The highest BCUT2D eigenvalue weighted by molar-refractivity contribution is 6.34. The highest BCUT2D eigenvalue weighted by Crippen LogP contribution is 2.24. The van der Waals surface area contributed by atoms with Crippen molar-refractivity contribution in [2.45, 2.75) is 20.3 Å². The van der Waals surface area contributed by atoms with Crippen LogP contribution in [0.3, 0.4) is 0 Å². The SMILES string of the molecule is CC(C)C/C(=C/c1cc(Cl)ccc1Cl)[N+](=O)[O-]. The average Bonchev–Trinajstić information content (AvgIpc) is 2.21. The second-order valence-electron chi connectivity index (χ2n) is 4.16. The lowest BCUT2D eigenvalue weighted by Gasteiger charge is -2.03. The van der Waals surface area contributed by atoms with Crippen LogP contribution in [-0.2, 0) is 0 Å². The highest BCUT2D eigenvalue weighted by Gasteiger charge is 2.14. The Morgan fingerprint density at radius 3 is 2.65 bits per heavy atom. The molecule has 0 aliphatic rings. The van der Waals surface area contributed by atoms with E-state index >= 15 is 0 Å². The van der Waals surface area contributed by atoms with Gasteiger partial charge in [-0.05, 0) is 24.1 Å². The average molecular weight is 274 g/mol. The smallest absolute Gasteiger partial charge is 0.247 e. The molecule has 3 nitrogen and oxygen atoms in total. The van der Waals surface area contributed by atoms with E-state index in [2.05, 4.69) is 0 Å². The lowest BCUT2D eigenvalue weighted by atomic mass is 10.1. The monoisotopic (exact) mass is 273 g/mol. The number of allylic oxidation sites excluding steroid dienone is 1. The van der Waals surface area contributed by atoms with Crippen LogP contribution in [0.15, 0.2) is 23.9 Å². The van der Waals surface area contributed by atoms with Crippen molar-refractivity contribution in [1.82, 2.24) is 0 Å². The fourth-order valence-corrected chi connectivity index (χ4v) is 1.76. The van der Waals surface area contributed by atoms with Crippen molar-refractivity contribution in [3.05, 3.63) is 49.6 Å². The summed E-state index contributed by atoms with van der Waals surface area (Å²) in [6.45, 7) is 3.85. The second-order valence-corrected chi connectivity index (χ2v) is 5.00. The third-order valence-electron chi connectivity index (χ3n) is 2.13. The van der Waals surface area contributed by atoms with Gasteiger partial charge in [0.2, 0.25) is 5.70 Å². The summed E-state index contributed by atoms with van der Waals surface area (Å²) in [6.07, 6.45) is 1.88. The normalized spacial score (nSPS) is 11.9. The Bertz CT molecular complexity index is 456. The molecule has 92 valence electrons. The Labute approximate surface area is 110 Å². The number of hydrogen-bond acceptors (Lipinski definition) is 2. The lowest BCUT2D eigenvalue weighted by Crippen LogP contribution is -2.02. The molecule has 0 saturated carbocycles. The number of rotatable bonds is 4. The van der Waals surface area contributed by atoms with E-state index in [9.17, 15) is 10.1 Å². The third-order valence-corrected chi connectivity index (χ3v) is 2.71. The summed E-state index contributed by atoms with van der Waals surface area (Å²) in [7, 11) is 0. The first kappa shape index (κ1) is 14.0. The lowest BCUT2D eigenvalue weighted by molar-refractivity contribution is -0.427. The Morgan fingerprint density at radius 1 is 1.47 bits per heavy atom. The molecule has 0 aromatic heterocycles. The van der Waals surface area contributed by atoms with E-state index in [0.717, 1.165) is 0 Å². The van der Waals surface area contributed by atoms with Gasteiger partial charge in [0.15, 0.2) is 0 Å². The Morgan fingerprint density at radius 2 is 2.12 bits per heavy atom. The summed E-state index contributed by atoms with van der Waals surface area (Å²) in [5, 5.41) is 11.9. The molecule has 0 aliphatic heterocycles. The van der Waals surface area contributed by atoms with Gasteiger partial charge < -0.3 is 0 Å². The number of halogens is 2. The van der Waals surface area contributed by atoms with Crippen molar-refractivity contribution in [1.29, 1.82) is 0 Å². The molecule has 0 N–H and O–H groups in total. The first-order chi connectivity index (χ1) is 7.90. The van der Waals surface area contributed by atoms with E-state index in [4.69, 9.17) is 23.2 Å². The molecule has 1 aromatic rings. The quantitative estimate of drug-likeness (QED) is 0.592. The van der Waals surface area contributed by atoms with Crippen LogP contribution in [0.5, 0.6) is 0 Å². The molecule has 0 radical (unpaired) electrons. The fourth-order valence-electron chi connectivity index (χ4n) is 1.41. The van der Waals surface area contributed by atoms with Crippen LogP contribution in [-0.4, -0.2) is 4.92 Å². The zero-order valence-corrected chi connectivity index (χ0v) is 11.1. The van der Waals surface area contributed by atoms with Gasteiger partial charge in [0, 0.05) is 28.1 Å². The minimum absolute atomic E-state index is 0.143. The third kappa shape index (κ3) is 4.36. The molecule has 0 heterocycles. The highest BCUT2D eigenvalue weighted by atomic mass is 35.5. The number of nitrogens with zero attached hydrogens (tertiary/aromatic N) is 1. The summed E-state index contributed by atoms with van der Waals surface area (Å²) in [4.78, 5) is 10.5. The maximum atomic E-state index is 10.9. The Hall–Kier alpha value is -1.06. The summed E-state index contributed by atoms with van der Waals surface area (Å²) in [5.41, 5.74) is 0.718. The van der Waals surface area contributed by atoms with E-state index in [1.54, 1.807) is 18.2 Å². The second kappa shape index (κ2) is 6.03. The molecule has 0 saturated heterocycles. The van der Waals surface area contributed by atoms with Gasteiger partial charge in [-0.2, -0.15) is 0 Å². The predicted octanol–water partition coefficient (Wildman–Crippen LogP) is 4.66. The van der Waals surface area contributed by atoms with Gasteiger partial charge in [-0.15, -0.1) is 0 Å². The standard InChI is InChI=1S/C12H13Cl2NO2/c1-8(2)5-11(15(16)17)7-9-6-10(13)3-4-12(9)14/h3-4,6-8H,5H2,1-2H3/b11-7-. The van der Waals surface area contributed by atoms with Gasteiger partial charge >= 0.3 is 0 Å². The van der Waals surface area contributed by atoms with Crippen LogP contribution in [0.4, 0.5) is 0 Å². The molecule has 5 heteroatoms. The van der Waals surface area contributed by atoms with E-state index in [1.807, 2.05) is 13.8 Å². The Balaban J connectivity index is 3.12. The van der Waals surface area contributed by atoms with Crippen molar-refractivity contribution >= 4 is 29.3 Å². The van der Waals surface area contributed by atoms with Crippen LogP contribution in [0.1, 0.15) is 25.8 Å². The topological polar surface area (TPSA) is 43.1 Å². The van der Waals surface area contributed by atoms with Crippen LogP contribution in [0.2, 0.25) is 10.0 Å². The van der Waals surface area contributed by atoms with Crippen molar-refractivity contribution < 1.29 is 4.92 Å². The van der Waals surface area contributed by atoms with Gasteiger partial charge in [-0.1, -0.05) is 37.0 Å². The molecule has 0 unspecified atom stereocenters. The largest absolute Gasteiger partial charge is 0.259 e. The molecular weight excluding hydrogens is 261 g/mol. The number of hydrogen-bond donors (Lipinski definition) is 0. The number of nitro groups is 1. The molecular formula is C12H13Cl2NO2. The van der Waals surface area contributed by atoms with E-state index in [-0.39, 0.29) is 16.5 Å². The van der Waals surface area contributed by atoms with Crippen LogP contribution < -0.4 is 0 Å². The maximum Gasteiger partial charge on any atom is 0.247 e. The summed E-state index contributed by atoms with van der Waals surface area (Å²) in [5.74, 6) is 0.213. The molecule has 0 aliphatic carbocycles. The van der Waals surface area contributed by atoms with Gasteiger partial charge in [0.1, 0.15) is 0 Å². The molecule has 1 rings (SSSR count). The van der Waals surface area contributed by atoms with Crippen LogP contribution >= 0.6 is 23.2 Å². The minimum Gasteiger partial charge on any atom is -0.259 e. The van der Waals surface area contributed by atoms with Crippen LogP contribution in [0, 0.1) is 16.0 Å². The first-order valence-electron chi connectivity index (χ1n) is 5.20. The summed E-state index contributed by atoms with van der Waals surface area (Å²) < 4.78 is 0. The summed E-state index contributed by atoms with van der Waals surface area (Å²) in [6, 6.07) is 4.89. The van der Waals surface area contributed by atoms with E-state index in [1.165, 1.54) is 6.08 Å². The van der Waals surface area contributed by atoms with Crippen LogP contribution in [0.25, 0.3) is 6.08 Å². The fraction of sp³-hybridized carbons (Fsp3) is 0.333. The van der Waals surface area contributed by atoms with E-state index in [0.29, 0.717) is 22.0 Å². The van der Waals surface area contributed by atoms with Crippen molar-refractivity contribution in [2.75, 3.05) is 0 Å². The molecule has 0 amide bonds. The zero-order valence-electron chi connectivity index (χ0n) is 9.61. The number of benzene rings is 1. The summed E-state index contributed by atoms with van der Waals surface area (Å²) >= 11 is 11.8. The van der Waals surface area contributed by atoms with Crippen molar-refractivity contribution in [2.24, 2.45) is 5.92 Å². The van der Waals surface area contributed by atoms with Crippen molar-refractivity contribution in [3.8, 4) is 0 Å². The Kier molecular flexibility index (Phi) is 4.97. The molecule has 0 fully saturated rings. The molecule has 0 atom stereocenters. The molecule has 1 aromatic carbocycles. The van der Waals surface area contributed by atoms with Gasteiger partial charge in [0.05, 0.1) is 4.92 Å². The predicted molar refractivity (Wildman–Crippen MR) is 70.9 cm³/mol. The molecule has 0 bridgehead atoms. The minimum atomic E-state index is -0.378. The molecule has 17 heavy (non-hydrogen) atoms. The molecule has 0 spiro atoms. The van der Waals surface area contributed by atoms with Gasteiger partial charge in [-0.25, -0.2) is 0 Å². The van der Waals surface area contributed by atoms with E-state index < -0.39 is 0 Å². The first-order valence-corrected chi connectivity index (χ1v) is 5.95.